The van der Waals surface area contributed by atoms with Gasteiger partial charge in [0.25, 0.3) is 23.4 Å². The average Bonchev–Trinajstić information content (AvgIpc) is 2.71. The van der Waals surface area contributed by atoms with Crippen molar-refractivity contribution in [2.24, 2.45) is 5.92 Å². The fraction of sp³-hybridized carbons (Fsp3) is 0.286. The maximum absolute atomic E-state index is 12.6. The summed E-state index contributed by atoms with van der Waals surface area (Å²) in [6.45, 7) is 5.61. The van der Waals surface area contributed by atoms with Gasteiger partial charge < -0.3 is 5.32 Å². The first kappa shape index (κ1) is 22.5. The number of carbonyl (C=O) groups is 3. The van der Waals surface area contributed by atoms with Crippen LogP contribution in [0, 0.1) is 23.0 Å². The number of nitro groups is 1. The minimum atomic E-state index is -0.873. The van der Waals surface area contributed by atoms with Gasteiger partial charge in [0, 0.05) is 23.3 Å². The Balaban J connectivity index is 2.05. The zero-order chi connectivity index (χ0) is 22.3. The summed E-state index contributed by atoms with van der Waals surface area (Å²) >= 11 is 0. The highest BCUT2D eigenvalue weighted by Gasteiger charge is 2.24. The summed E-state index contributed by atoms with van der Waals surface area (Å²) < 4.78 is 0. The van der Waals surface area contributed by atoms with Crippen molar-refractivity contribution in [1.29, 1.82) is 0 Å². The van der Waals surface area contributed by atoms with Gasteiger partial charge in [0.1, 0.15) is 6.04 Å². The minimum absolute atomic E-state index is 0.0221. The van der Waals surface area contributed by atoms with Gasteiger partial charge in [-0.25, -0.2) is 0 Å². The normalized spacial score (nSPS) is 11.5. The first-order valence-electron chi connectivity index (χ1n) is 9.40. The van der Waals surface area contributed by atoms with Crippen LogP contribution in [0.3, 0.4) is 0 Å². The number of non-ortho nitro benzene ring substituents is 1. The van der Waals surface area contributed by atoms with Gasteiger partial charge in [-0.05, 0) is 37.0 Å². The highest BCUT2D eigenvalue weighted by atomic mass is 16.6. The molecule has 0 fully saturated rings. The Hall–Kier alpha value is -3.75. The summed E-state index contributed by atoms with van der Waals surface area (Å²) in [6, 6.07) is 11.3. The number of nitrogens with zero attached hydrogens (tertiary/aromatic N) is 1. The molecular weight excluding hydrogens is 388 g/mol. The third-order valence-corrected chi connectivity index (χ3v) is 4.34. The second kappa shape index (κ2) is 10.1. The van der Waals surface area contributed by atoms with E-state index in [-0.39, 0.29) is 23.1 Å². The van der Waals surface area contributed by atoms with E-state index in [4.69, 9.17) is 0 Å². The zero-order valence-corrected chi connectivity index (χ0v) is 17.0. The molecule has 3 N–H and O–H groups in total. The molecule has 0 unspecified atom stereocenters. The molecule has 1 atom stereocenters. The summed E-state index contributed by atoms with van der Waals surface area (Å²) in [7, 11) is 0. The number of aryl methyl sites for hydroxylation is 1. The van der Waals surface area contributed by atoms with E-state index in [0.717, 1.165) is 11.6 Å². The van der Waals surface area contributed by atoms with Crippen molar-refractivity contribution >= 4 is 23.4 Å². The smallest absolute Gasteiger partial charge is 0.270 e. The summed E-state index contributed by atoms with van der Waals surface area (Å²) in [5.74, 6) is -1.59. The van der Waals surface area contributed by atoms with Gasteiger partial charge in [-0.1, -0.05) is 38.1 Å². The predicted octanol–water partition coefficient (Wildman–Crippen LogP) is 2.51. The Morgan fingerprint density at radius 2 is 1.70 bits per heavy atom. The molecule has 2 rings (SSSR count). The van der Waals surface area contributed by atoms with E-state index in [1.165, 1.54) is 18.2 Å². The second-order valence-corrected chi connectivity index (χ2v) is 7.22. The summed E-state index contributed by atoms with van der Waals surface area (Å²) in [5, 5.41) is 13.5. The quantitative estimate of drug-likeness (QED) is 0.475. The lowest BCUT2D eigenvalue weighted by atomic mass is 10.0. The molecule has 0 radical (unpaired) electrons. The molecule has 2 aromatic carbocycles. The molecule has 3 amide bonds. The molecule has 0 aliphatic rings. The van der Waals surface area contributed by atoms with Crippen LogP contribution < -0.4 is 16.2 Å². The Morgan fingerprint density at radius 1 is 1.00 bits per heavy atom. The van der Waals surface area contributed by atoms with E-state index >= 15 is 0 Å². The molecule has 2 aromatic rings. The van der Waals surface area contributed by atoms with Crippen molar-refractivity contribution in [1.82, 2.24) is 16.2 Å². The van der Waals surface area contributed by atoms with E-state index in [2.05, 4.69) is 16.2 Å². The maximum atomic E-state index is 12.6. The van der Waals surface area contributed by atoms with Crippen LogP contribution in [0.1, 0.15) is 46.5 Å². The Bertz CT molecular complexity index is 958. The Kier molecular flexibility index (Phi) is 7.62. The number of amides is 3. The average molecular weight is 412 g/mol. The van der Waals surface area contributed by atoms with Crippen LogP contribution in [0.4, 0.5) is 5.69 Å². The predicted molar refractivity (Wildman–Crippen MR) is 111 cm³/mol. The number of hydrogen-bond donors (Lipinski definition) is 3. The maximum Gasteiger partial charge on any atom is 0.270 e. The first-order valence-corrected chi connectivity index (χ1v) is 9.40. The van der Waals surface area contributed by atoms with Crippen molar-refractivity contribution in [2.75, 3.05) is 0 Å². The third kappa shape index (κ3) is 6.13. The van der Waals surface area contributed by atoms with E-state index in [1.54, 1.807) is 25.1 Å². The monoisotopic (exact) mass is 412 g/mol. The van der Waals surface area contributed by atoms with E-state index in [0.29, 0.717) is 12.0 Å². The summed E-state index contributed by atoms with van der Waals surface area (Å²) in [5.41, 5.74) is 5.53. The lowest BCUT2D eigenvalue weighted by Crippen LogP contribution is -2.52. The van der Waals surface area contributed by atoms with Crippen molar-refractivity contribution in [2.45, 2.75) is 33.2 Å². The molecule has 0 aliphatic heterocycles. The van der Waals surface area contributed by atoms with Gasteiger partial charge in [0.05, 0.1) is 4.92 Å². The molecule has 0 heterocycles. The van der Waals surface area contributed by atoms with Crippen LogP contribution >= 0.6 is 0 Å². The molecule has 0 saturated carbocycles. The van der Waals surface area contributed by atoms with Gasteiger partial charge >= 0.3 is 0 Å². The molecule has 0 aromatic heterocycles. The molecule has 9 nitrogen and oxygen atoms in total. The highest BCUT2D eigenvalue weighted by Crippen LogP contribution is 2.13. The summed E-state index contributed by atoms with van der Waals surface area (Å²) in [4.78, 5) is 47.6. The number of nitrogens with one attached hydrogen (secondary N) is 3. The fourth-order valence-electron chi connectivity index (χ4n) is 2.80. The van der Waals surface area contributed by atoms with Crippen LogP contribution in [0.2, 0.25) is 0 Å². The lowest BCUT2D eigenvalue weighted by Gasteiger charge is -2.21. The third-order valence-electron chi connectivity index (χ3n) is 4.34. The van der Waals surface area contributed by atoms with Crippen LogP contribution in [0.15, 0.2) is 48.5 Å². The van der Waals surface area contributed by atoms with E-state index < -0.39 is 22.8 Å². The number of hydrogen-bond acceptors (Lipinski definition) is 5. The fourth-order valence-corrected chi connectivity index (χ4v) is 2.80. The molecule has 0 spiro atoms. The Morgan fingerprint density at radius 3 is 2.33 bits per heavy atom. The number of carbonyl (C=O) groups excluding carboxylic acids is 3. The standard InChI is InChI=1S/C21H24N4O5/c1-13(2)11-18(22-20(27)17-10-5-4-7-14(17)3)21(28)24-23-19(26)15-8-6-9-16(12-15)25(29)30/h4-10,12-13,18H,11H2,1-3H3,(H,22,27)(H,23,26)(H,24,28)/t18-/m1/s1. The number of nitro benzene ring substituents is 1. The van der Waals surface area contributed by atoms with Crippen LogP contribution in [0.25, 0.3) is 0 Å². The van der Waals surface area contributed by atoms with Gasteiger partial charge in [-0.2, -0.15) is 0 Å². The zero-order valence-electron chi connectivity index (χ0n) is 17.0. The van der Waals surface area contributed by atoms with Crippen LogP contribution in [0.5, 0.6) is 0 Å². The van der Waals surface area contributed by atoms with Gasteiger partial charge in [-0.3, -0.25) is 35.3 Å². The van der Waals surface area contributed by atoms with Crippen molar-refractivity contribution < 1.29 is 19.3 Å². The topological polar surface area (TPSA) is 130 Å². The van der Waals surface area contributed by atoms with E-state index in [1.807, 2.05) is 19.9 Å². The number of benzene rings is 2. The largest absolute Gasteiger partial charge is 0.340 e. The van der Waals surface area contributed by atoms with Crippen LogP contribution in [-0.2, 0) is 4.79 Å². The molecule has 158 valence electrons. The molecule has 9 heteroatoms. The molecule has 0 aliphatic carbocycles. The Labute approximate surface area is 174 Å². The van der Waals surface area contributed by atoms with Gasteiger partial charge in [0.15, 0.2) is 0 Å². The van der Waals surface area contributed by atoms with Crippen molar-refractivity contribution in [3.05, 3.63) is 75.3 Å². The molecule has 0 saturated heterocycles. The SMILES string of the molecule is Cc1ccccc1C(=O)N[C@H](CC(C)C)C(=O)NNC(=O)c1cccc([N+](=O)[O-])c1. The lowest BCUT2D eigenvalue weighted by molar-refractivity contribution is -0.384. The number of hydrazine groups is 1. The molecule has 0 bridgehead atoms. The molecular formula is C21H24N4O5. The second-order valence-electron chi connectivity index (χ2n) is 7.22. The first-order chi connectivity index (χ1) is 14.2. The minimum Gasteiger partial charge on any atom is -0.340 e. The van der Waals surface area contributed by atoms with E-state index in [9.17, 15) is 24.5 Å². The highest BCUT2D eigenvalue weighted by molar-refractivity contribution is 5.99. The van der Waals surface area contributed by atoms with Crippen molar-refractivity contribution in [3.63, 3.8) is 0 Å². The van der Waals surface area contributed by atoms with Gasteiger partial charge in [-0.15, -0.1) is 0 Å². The van der Waals surface area contributed by atoms with Crippen LogP contribution in [-0.4, -0.2) is 28.7 Å². The molecule has 30 heavy (non-hydrogen) atoms. The van der Waals surface area contributed by atoms with Crippen molar-refractivity contribution in [3.8, 4) is 0 Å². The van der Waals surface area contributed by atoms with Gasteiger partial charge in [0.2, 0.25) is 0 Å². The number of rotatable bonds is 7. The summed E-state index contributed by atoms with van der Waals surface area (Å²) in [6.07, 6.45) is 0.357.